The highest BCUT2D eigenvalue weighted by atomic mass is 35.5. The number of alkyl halides is 6. The van der Waals surface area contributed by atoms with Crippen LogP contribution in [0.3, 0.4) is 0 Å². The van der Waals surface area contributed by atoms with E-state index in [1.807, 2.05) is 6.92 Å². The van der Waals surface area contributed by atoms with Gasteiger partial charge in [-0.25, -0.2) is 4.98 Å². The van der Waals surface area contributed by atoms with Gasteiger partial charge in [0.25, 0.3) is 5.91 Å². The van der Waals surface area contributed by atoms with Crippen molar-refractivity contribution in [3.05, 3.63) is 82.0 Å². The molecule has 12 heteroatoms. The van der Waals surface area contributed by atoms with Gasteiger partial charge in [0.1, 0.15) is 5.82 Å². The fourth-order valence-corrected chi connectivity index (χ4v) is 3.21. The van der Waals surface area contributed by atoms with Crippen molar-refractivity contribution < 1.29 is 31.1 Å². The van der Waals surface area contributed by atoms with Gasteiger partial charge in [-0.2, -0.15) is 26.3 Å². The minimum absolute atomic E-state index is 0.0155. The van der Waals surface area contributed by atoms with Crippen LogP contribution in [0.5, 0.6) is 0 Å². The number of halogens is 7. The van der Waals surface area contributed by atoms with E-state index in [2.05, 4.69) is 20.9 Å². The third kappa shape index (κ3) is 7.01. The number of benzene rings is 2. The average molecular weight is 517 g/mol. The maximum absolute atomic E-state index is 13.2. The predicted octanol–water partition coefficient (Wildman–Crippen LogP) is 6.86. The summed E-state index contributed by atoms with van der Waals surface area (Å²) in [6, 6.07) is 10.1. The molecule has 0 aliphatic rings. The highest BCUT2D eigenvalue weighted by molar-refractivity contribution is 6.33. The first kappa shape index (κ1) is 26.1. The normalized spacial score (nSPS) is 11.8. The summed E-state index contributed by atoms with van der Waals surface area (Å²) < 4.78 is 77.8. The fraction of sp³-hybridized carbons (Fsp3) is 0.217. The second-order valence-electron chi connectivity index (χ2n) is 7.48. The standard InChI is InChI=1S/C23H19ClF6N4O/c1-13-2-4-14(5-3-13)21(35)34-19-11-15(22(25,26)27)6-7-18(19)31-8-9-32-20-17(24)10-16(12-33-20)23(28,29)30/h2-7,10-12,31H,8-9H2,1H3,(H,32,33)(H,34,35). The van der Waals surface area contributed by atoms with Crippen molar-refractivity contribution >= 4 is 34.7 Å². The van der Waals surface area contributed by atoms with Gasteiger partial charge in [0.2, 0.25) is 0 Å². The number of carbonyl (C=O) groups excluding carboxylic acids is 1. The van der Waals surface area contributed by atoms with Crippen molar-refractivity contribution in [3.63, 3.8) is 0 Å². The van der Waals surface area contributed by atoms with Crippen LogP contribution in [0, 0.1) is 6.92 Å². The molecule has 1 aromatic heterocycles. The molecule has 0 saturated heterocycles. The molecule has 35 heavy (non-hydrogen) atoms. The number of aryl methyl sites for hydroxylation is 1. The monoisotopic (exact) mass is 516 g/mol. The average Bonchev–Trinajstić information content (AvgIpc) is 2.77. The van der Waals surface area contributed by atoms with Crippen LogP contribution in [0.15, 0.2) is 54.7 Å². The number of carbonyl (C=O) groups is 1. The fourth-order valence-electron chi connectivity index (χ4n) is 2.98. The molecule has 0 radical (unpaired) electrons. The third-order valence-corrected chi connectivity index (χ3v) is 5.10. The zero-order chi connectivity index (χ0) is 25.8. The molecule has 5 nitrogen and oxygen atoms in total. The Morgan fingerprint density at radius 2 is 1.49 bits per heavy atom. The van der Waals surface area contributed by atoms with Crippen LogP contribution in [0.1, 0.15) is 27.0 Å². The third-order valence-electron chi connectivity index (χ3n) is 4.81. The zero-order valence-electron chi connectivity index (χ0n) is 18.1. The maximum atomic E-state index is 13.2. The second kappa shape index (κ2) is 10.4. The first-order chi connectivity index (χ1) is 16.3. The Hall–Kier alpha value is -3.47. The van der Waals surface area contributed by atoms with E-state index in [0.29, 0.717) is 6.20 Å². The van der Waals surface area contributed by atoms with Crippen LogP contribution < -0.4 is 16.0 Å². The van der Waals surface area contributed by atoms with Crippen molar-refractivity contribution in [2.24, 2.45) is 0 Å². The van der Waals surface area contributed by atoms with Crippen LogP contribution >= 0.6 is 11.6 Å². The summed E-state index contributed by atoms with van der Waals surface area (Å²) in [6.45, 7) is 2.07. The SMILES string of the molecule is Cc1ccc(C(=O)Nc2cc(C(F)(F)F)ccc2NCCNc2ncc(C(F)(F)F)cc2Cl)cc1. The van der Waals surface area contributed by atoms with Gasteiger partial charge in [-0.15, -0.1) is 0 Å². The number of nitrogens with zero attached hydrogens (tertiary/aromatic N) is 1. The zero-order valence-corrected chi connectivity index (χ0v) is 18.9. The lowest BCUT2D eigenvalue weighted by atomic mass is 10.1. The van der Waals surface area contributed by atoms with Crippen LogP contribution in [0.25, 0.3) is 0 Å². The molecular formula is C23H19ClF6N4O. The predicted molar refractivity (Wildman–Crippen MR) is 122 cm³/mol. The summed E-state index contributed by atoms with van der Waals surface area (Å²) in [5.41, 5.74) is -0.629. The molecule has 0 aliphatic heterocycles. The van der Waals surface area contributed by atoms with E-state index in [9.17, 15) is 31.1 Å². The van der Waals surface area contributed by atoms with Gasteiger partial charge < -0.3 is 16.0 Å². The molecule has 0 aliphatic carbocycles. The Kier molecular flexibility index (Phi) is 7.79. The summed E-state index contributed by atoms with van der Waals surface area (Å²) in [4.78, 5) is 16.2. The topological polar surface area (TPSA) is 66.1 Å². The second-order valence-corrected chi connectivity index (χ2v) is 7.89. The van der Waals surface area contributed by atoms with E-state index in [4.69, 9.17) is 11.6 Å². The maximum Gasteiger partial charge on any atom is 0.417 e. The van der Waals surface area contributed by atoms with Crippen LogP contribution in [0.2, 0.25) is 5.02 Å². The van der Waals surface area contributed by atoms with Crippen LogP contribution in [0.4, 0.5) is 43.5 Å². The summed E-state index contributed by atoms with van der Waals surface area (Å²) in [6.07, 6.45) is -8.57. The van der Waals surface area contributed by atoms with Gasteiger partial charge in [0.15, 0.2) is 0 Å². The molecule has 0 spiro atoms. The van der Waals surface area contributed by atoms with Crippen molar-refractivity contribution in [2.75, 3.05) is 29.0 Å². The molecule has 186 valence electrons. The Labute approximate surface area is 201 Å². The van der Waals surface area contributed by atoms with Gasteiger partial charge in [-0.3, -0.25) is 4.79 Å². The van der Waals surface area contributed by atoms with E-state index < -0.39 is 29.4 Å². The molecule has 1 amide bonds. The molecule has 0 saturated carbocycles. The highest BCUT2D eigenvalue weighted by Crippen LogP contribution is 2.35. The summed E-state index contributed by atoms with van der Waals surface area (Å²) >= 11 is 5.84. The van der Waals surface area contributed by atoms with E-state index in [0.717, 1.165) is 23.8 Å². The Balaban J connectivity index is 1.70. The van der Waals surface area contributed by atoms with E-state index in [-0.39, 0.29) is 40.9 Å². The molecule has 0 atom stereocenters. The van der Waals surface area contributed by atoms with E-state index in [1.54, 1.807) is 24.3 Å². The Bertz CT molecular complexity index is 1200. The van der Waals surface area contributed by atoms with Gasteiger partial charge >= 0.3 is 12.4 Å². The molecule has 1 heterocycles. The summed E-state index contributed by atoms with van der Waals surface area (Å²) in [7, 11) is 0. The van der Waals surface area contributed by atoms with Crippen molar-refractivity contribution in [1.29, 1.82) is 0 Å². The minimum Gasteiger partial charge on any atom is -0.382 e. The number of hydrogen-bond donors (Lipinski definition) is 3. The molecular weight excluding hydrogens is 498 g/mol. The van der Waals surface area contributed by atoms with Gasteiger partial charge in [0, 0.05) is 24.8 Å². The molecule has 0 unspecified atom stereocenters. The lowest BCUT2D eigenvalue weighted by molar-refractivity contribution is -0.138. The quantitative estimate of drug-likeness (QED) is 0.237. The summed E-state index contributed by atoms with van der Waals surface area (Å²) in [5.74, 6) is -0.576. The highest BCUT2D eigenvalue weighted by Gasteiger charge is 2.32. The molecule has 3 N–H and O–H groups in total. The van der Waals surface area contributed by atoms with Crippen molar-refractivity contribution in [1.82, 2.24) is 4.98 Å². The number of aromatic nitrogens is 1. The number of amides is 1. The molecule has 2 aromatic carbocycles. The number of anilines is 3. The molecule has 3 rings (SSSR count). The van der Waals surface area contributed by atoms with Gasteiger partial charge in [-0.1, -0.05) is 29.3 Å². The first-order valence-corrected chi connectivity index (χ1v) is 10.5. The Morgan fingerprint density at radius 1 is 0.857 bits per heavy atom. The first-order valence-electron chi connectivity index (χ1n) is 10.1. The lowest BCUT2D eigenvalue weighted by Crippen LogP contribution is -2.18. The smallest absolute Gasteiger partial charge is 0.382 e. The van der Waals surface area contributed by atoms with Crippen molar-refractivity contribution in [3.8, 4) is 0 Å². The number of nitrogens with one attached hydrogen (secondary N) is 3. The Morgan fingerprint density at radius 3 is 2.09 bits per heavy atom. The summed E-state index contributed by atoms with van der Waals surface area (Å²) in [5, 5.41) is 7.89. The number of rotatable bonds is 7. The van der Waals surface area contributed by atoms with E-state index >= 15 is 0 Å². The largest absolute Gasteiger partial charge is 0.417 e. The molecule has 0 fully saturated rings. The number of pyridine rings is 1. The van der Waals surface area contributed by atoms with Gasteiger partial charge in [-0.05, 0) is 43.3 Å². The van der Waals surface area contributed by atoms with Gasteiger partial charge in [0.05, 0.1) is 27.5 Å². The van der Waals surface area contributed by atoms with Crippen molar-refractivity contribution in [2.45, 2.75) is 19.3 Å². The number of hydrogen-bond acceptors (Lipinski definition) is 4. The minimum atomic E-state index is -4.62. The lowest BCUT2D eigenvalue weighted by Gasteiger charge is -2.17. The molecule has 3 aromatic rings. The molecule has 0 bridgehead atoms. The van der Waals surface area contributed by atoms with Crippen LogP contribution in [-0.2, 0) is 12.4 Å². The van der Waals surface area contributed by atoms with Crippen LogP contribution in [-0.4, -0.2) is 24.0 Å². The van der Waals surface area contributed by atoms with E-state index in [1.165, 1.54) is 6.07 Å².